The monoisotopic (exact) mass is 456 g/mol. The first-order valence-corrected chi connectivity index (χ1v) is 11.9. The Morgan fingerprint density at radius 1 is 1.03 bits per heavy atom. The highest BCUT2D eigenvalue weighted by molar-refractivity contribution is 7.89. The first-order valence-electron chi connectivity index (χ1n) is 10.4. The van der Waals surface area contributed by atoms with E-state index in [0.717, 1.165) is 24.6 Å². The SMILES string of the molecule is Cc1c(C(=O)OCC(=O)Nc2ccc(S(=O)(=O)N3CCCCC3)cc2)oc2ccccc12. The second-order valence-electron chi connectivity index (χ2n) is 7.67. The predicted octanol–water partition coefficient (Wildman–Crippen LogP) is 3.71. The molecular weight excluding hydrogens is 432 g/mol. The number of piperidine rings is 1. The molecule has 0 saturated carbocycles. The van der Waals surface area contributed by atoms with Crippen LogP contribution in [-0.4, -0.2) is 44.3 Å². The van der Waals surface area contributed by atoms with Gasteiger partial charge in [-0.25, -0.2) is 13.2 Å². The number of carbonyl (C=O) groups excluding carboxylic acids is 2. The summed E-state index contributed by atoms with van der Waals surface area (Å²) in [7, 11) is -3.53. The van der Waals surface area contributed by atoms with Crippen LogP contribution in [0.3, 0.4) is 0 Å². The molecule has 1 saturated heterocycles. The number of hydrogen-bond donors (Lipinski definition) is 1. The summed E-state index contributed by atoms with van der Waals surface area (Å²) in [6.45, 7) is 2.30. The van der Waals surface area contributed by atoms with E-state index in [1.54, 1.807) is 19.1 Å². The van der Waals surface area contributed by atoms with Crippen molar-refractivity contribution in [3.05, 3.63) is 59.9 Å². The van der Waals surface area contributed by atoms with Gasteiger partial charge in [0, 0.05) is 29.7 Å². The number of rotatable bonds is 6. The van der Waals surface area contributed by atoms with Crippen LogP contribution >= 0.6 is 0 Å². The lowest BCUT2D eigenvalue weighted by atomic mass is 10.1. The smallest absolute Gasteiger partial charge is 0.375 e. The van der Waals surface area contributed by atoms with Crippen molar-refractivity contribution in [1.82, 2.24) is 4.31 Å². The number of furan rings is 1. The van der Waals surface area contributed by atoms with Gasteiger partial charge in [0.2, 0.25) is 15.8 Å². The zero-order valence-corrected chi connectivity index (χ0v) is 18.5. The maximum atomic E-state index is 12.7. The lowest BCUT2D eigenvalue weighted by molar-refractivity contribution is -0.119. The molecule has 0 radical (unpaired) electrons. The maximum Gasteiger partial charge on any atom is 0.375 e. The fraction of sp³-hybridized carbons (Fsp3) is 0.304. The number of anilines is 1. The summed E-state index contributed by atoms with van der Waals surface area (Å²) in [4.78, 5) is 24.7. The van der Waals surface area contributed by atoms with Gasteiger partial charge in [-0.2, -0.15) is 4.31 Å². The highest BCUT2D eigenvalue weighted by Gasteiger charge is 2.26. The molecule has 2 aromatic carbocycles. The average Bonchev–Trinajstić information content (AvgIpc) is 3.15. The summed E-state index contributed by atoms with van der Waals surface area (Å²) in [6, 6.07) is 13.2. The van der Waals surface area contributed by atoms with E-state index in [1.165, 1.54) is 28.6 Å². The van der Waals surface area contributed by atoms with Crippen LogP contribution in [0.5, 0.6) is 0 Å². The summed E-state index contributed by atoms with van der Waals surface area (Å²) in [5.41, 5.74) is 1.63. The summed E-state index contributed by atoms with van der Waals surface area (Å²) in [5, 5.41) is 3.40. The van der Waals surface area contributed by atoms with Gasteiger partial charge in [0.1, 0.15) is 5.58 Å². The lowest BCUT2D eigenvalue weighted by Gasteiger charge is -2.25. The van der Waals surface area contributed by atoms with Gasteiger partial charge < -0.3 is 14.5 Å². The number of nitrogens with zero attached hydrogens (tertiary/aromatic N) is 1. The van der Waals surface area contributed by atoms with Gasteiger partial charge >= 0.3 is 5.97 Å². The third-order valence-corrected chi connectivity index (χ3v) is 7.37. The van der Waals surface area contributed by atoms with Gasteiger partial charge in [-0.1, -0.05) is 24.6 Å². The van der Waals surface area contributed by atoms with Crippen LogP contribution in [0.15, 0.2) is 57.8 Å². The van der Waals surface area contributed by atoms with Crippen molar-refractivity contribution in [1.29, 1.82) is 0 Å². The van der Waals surface area contributed by atoms with Crippen LogP contribution in [-0.2, 0) is 19.6 Å². The molecule has 0 atom stereocenters. The van der Waals surface area contributed by atoms with Crippen LogP contribution in [0.1, 0.15) is 35.4 Å². The van der Waals surface area contributed by atoms with Gasteiger partial charge in [0.05, 0.1) is 4.90 Å². The minimum atomic E-state index is -3.53. The molecule has 1 fully saturated rings. The second-order valence-corrected chi connectivity index (χ2v) is 9.60. The summed E-state index contributed by atoms with van der Waals surface area (Å²) >= 11 is 0. The van der Waals surface area contributed by atoms with E-state index in [0.29, 0.717) is 29.9 Å². The Kier molecular flexibility index (Phi) is 6.29. The molecule has 168 valence electrons. The van der Waals surface area contributed by atoms with Crippen LogP contribution < -0.4 is 5.32 Å². The molecule has 8 nitrogen and oxygen atoms in total. The predicted molar refractivity (Wildman–Crippen MR) is 119 cm³/mol. The number of hydrogen-bond acceptors (Lipinski definition) is 6. The normalized spacial score (nSPS) is 14.9. The van der Waals surface area contributed by atoms with Crippen LogP contribution in [0.25, 0.3) is 11.0 Å². The van der Waals surface area contributed by atoms with E-state index in [9.17, 15) is 18.0 Å². The Bertz CT molecular complexity index is 1240. The van der Waals surface area contributed by atoms with Gasteiger partial charge in [-0.05, 0) is 50.1 Å². The number of esters is 1. The number of ether oxygens (including phenoxy) is 1. The minimum Gasteiger partial charge on any atom is -0.450 e. The molecular formula is C23H24N2O6S. The van der Waals surface area contributed by atoms with Crippen molar-refractivity contribution in [2.75, 3.05) is 25.0 Å². The number of fused-ring (bicyclic) bond motifs is 1. The van der Waals surface area contributed by atoms with E-state index < -0.39 is 28.5 Å². The van der Waals surface area contributed by atoms with Crippen molar-refractivity contribution >= 4 is 38.6 Å². The van der Waals surface area contributed by atoms with Gasteiger partial charge in [0.25, 0.3) is 5.91 Å². The molecule has 1 aliphatic rings. The fourth-order valence-electron chi connectivity index (χ4n) is 3.73. The minimum absolute atomic E-state index is 0.0614. The van der Waals surface area contributed by atoms with E-state index in [1.807, 2.05) is 12.1 Å². The Morgan fingerprint density at radius 3 is 2.41 bits per heavy atom. The largest absolute Gasteiger partial charge is 0.450 e. The zero-order valence-electron chi connectivity index (χ0n) is 17.7. The molecule has 1 N–H and O–H groups in total. The molecule has 1 aliphatic heterocycles. The topological polar surface area (TPSA) is 106 Å². The first-order chi connectivity index (χ1) is 15.4. The number of sulfonamides is 1. The Morgan fingerprint density at radius 2 is 1.72 bits per heavy atom. The maximum absolute atomic E-state index is 12.7. The second kappa shape index (κ2) is 9.13. The number of para-hydroxylation sites is 1. The lowest BCUT2D eigenvalue weighted by Crippen LogP contribution is -2.35. The number of amides is 1. The quantitative estimate of drug-likeness (QED) is 0.567. The molecule has 0 bridgehead atoms. The van der Waals surface area contributed by atoms with Crippen molar-refractivity contribution in [3.8, 4) is 0 Å². The molecule has 3 aromatic rings. The standard InChI is InChI=1S/C23H24N2O6S/c1-16-19-7-3-4-8-20(19)31-22(16)23(27)30-15-21(26)24-17-9-11-18(12-10-17)32(28,29)25-13-5-2-6-14-25/h3-4,7-12H,2,5-6,13-15H2,1H3,(H,24,26). The van der Waals surface area contributed by atoms with Crippen LogP contribution in [0, 0.1) is 6.92 Å². The van der Waals surface area contributed by atoms with Crippen molar-refractivity contribution in [2.24, 2.45) is 0 Å². The summed E-state index contributed by atoms with van der Waals surface area (Å²) < 4.78 is 37.5. The summed E-state index contributed by atoms with van der Waals surface area (Å²) in [5.74, 6) is -1.21. The molecule has 2 heterocycles. The molecule has 0 aliphatic carbocycles. The number of nitrogens with one attached hydrogen (secondary N) is 1. The van der Waals surface area contributed by atoms with E-state index >= 15 is 0 Å². The van der Waals surface area contributed by atoms with E-state index in [4.69, 9.17) is 9.15 Å². The average molecular weight is 457 g/mol. The van der Waals surface area contributed by atoms with Crippen LogP contribution in [0.2, 0.25) is 0 Å². The molecule has 0 unspecified atom stereocenters. The number of benzene rings is 2. The van der Waals surface area contributed by atoms with Gasteiger partial charge in [-0.3, -0.25) is 4.79 Å². The van der Waals surface area contributed by atoms with Crippen LogP contribution in [0.4, 0.5) is 5.69 Å². The van der Waals surface area contributed by atoms with Gasteiger partial charge in [0.15, 0.2) is 6.61 Å². The highest BCUT2D eigenvalue weighted by Crippen LogP contribution is 2.25. The molecule has 1 amide bonds. The Balaban J connectivity index is 1.35. The third kappa shape index (κ3) is 4.53. The van der Waals surface area contributed by atoms with Crippen molar-refractivity contribution in [2.45, 2.75) is 31.1 Å². The van der Waals surface area contributed by atoms with Crippen molar-refractivity contribution < 1.29 is 27.2 Å². The molecule has 1 aromatic heterocycles. The zero-order chi connectivity index (χ0) is 22.7. The highest BCUT2D eigenvalue weighted by atomic mass is 32.2. The first kappa shape index (κ1) is 22.0. The van der Waals surface area contributed by atoms with Gasteiger partial charge in [-0.15, -0.1) is 0 Å². The molecule has 32 heavy (non-hydrogen) atoms. The summed E-state index contributed by atoms with van der Waals surface area (Å²) in [6.07, 6.45) is 2.76. The molecule has 4 rings (SSSR count). The Labute approximate surface area is 186 Å². The number of carbonyl (C=O) groups is 2. The molecule has 0 spiro atoms. The fourth-order valence-corrected chi connectivity index (χ4v) is 5.24. The third-order valence-electron chi connectivity index (χ3n) is 5.45. The van der Waals surface area contributed by atoms with E-state index in [-0.39, 0.29) is 10.7 Å². The van der Waals surface area contributed by atoms with Crippen molar-refractivity contribution in [3.63, 3.8) is 0 Å². The Hall–Kier alpha value is -3.17. The molecule has 9 heteroatoms. The van der Waals surface area contributed by atoms with E-state index in [2.05, 4.69) is 5.32 Å². The number of aryl methyl sites for hydroxylation is 1.